The van der Waals surface area contributed by atoms with E-state index in [1.807, 2.05) is 0 Å². The summed E-state index contributed by atoms with van der Waals surface area (Å²) in [5, 5.41) is 4.01. The first-order chi connectivity index (χ1) is 19.0. The zero-order chi connectivity index (χ0) is 28.9. The van der Waals surface area contributed by atoms with Crippen molar-refractivity contribution in [1.29, 1.82) is 0 Å². The van der Waals surface area contributed by atoms with Crippen LogP contribution in [0.15, 0.2) is 77.7 Å². The van der Waals surface area contributed by atoms with E-state index in [-0.39, 0.29) is 39.1 Å². The summed E-state index contributed by atoms with van der Waals surface area (Å²) in [6, 6.07) is 18.2. The first kappa shape index (κ1) is 30.2. The third-order valence-corrected chi connectivity index (χ3v) is 9.36. The zero-order valence-electron chi connectivity index (χ0n) is 21.9. The minimum absolute atomic E-state index is 0.00447. The molecule has 7 nitrogen and oxygen atoms in total. The molecule has 2 amide bonds. The first-order valence-electron chi connectivity index (χ1n) is 12.9. The van der Waals surface area contributed by atoms with Crippen LogP contribution < -0.4 is 9.62 Å². The van der Waals surface area contributed by atoms with E-state index in [0.29, 0.717) is 5.02 Å². The van der Waals surface area contributed by atoms with Crippen molar-refractivity contribution in [2.45, 2.75) is 56.1 Å². The predicted octanol–water partition coefficient (Wildman–Crippen LogP) is 6.32. The second-order valence-electron chi connectivity index (χ2n) is 9.77. The van der Waals surface area contributed by atoms with Crippen LogP contribution in [-0.4, -0.2) is 43.8 Å². The molecule has 1 unspecified atom stereocenters. The van der Waals surface area contributed by atoms with Crippen molar-refractivity contribution in [2.75, 3.05) is 10.8 Å². The number of nitrogens with zero attached hydrogens (tertiary/aromatic N) is 2. The van der Waals surface area contributed by atoms with Gasteiger partial charge in [-0.05, 0) is 67.8 Å². The molecule has 11 heteroatoms. The van der Waals surface area contributed by atoms with Gasteiger partial charge in [0.1, 0.15) is 12.6 Å². The van der Waals surface area contributed by atoms with Crippen molar-refractivity contribution in [3.05, 3.63) is 93.4 Å². The van der Waals surface area contributed by atoms with Gasteiger partial charge in [-0.2, -0.15) is 0 Å². The molecule has 3 aromatic rings. The highest BCUT2D eigenvalue weighted by Gasteiger charge is 2.33. The number of benzene rings is 3. The van der Waals surface area contributed by atoms with Gasteiger partial charge < -0.3 is 10.2 Å². The van der Waals surface area contributed by atoms with Crippen LogP contribution in [-0.2, 0) is 26.2 Å². The van der Waals surface area contributed by atoms with E-state index in [1.165, 1.54) is 35.2 Å². The van der Waals surface area contributed by atoms with Crippen molar-refractivity contribution in [1.82, 2.24) is 10.2 Å². The fourth-order valence-electron chi connectivity index (χ4n) is 4.69. The van der Waals surface area contributed by atoms with Gasteiger partial charge in [0.25, 0.3) is 10.0 Å². The van der Waals surface area contributed by atoms with E-state index in [2.05, 4.69) is 5.32 Å². The SMILES string of the molecule is CC(C(=O)NC1CCCC1)N(Cc1ccc(Cl)cc1)C(=O)CN(c1cc(Cl)cc(Cl)c1)S(=O)(=O)c1ccccc1. The molecule has 3 aromatic carbocycles. The molecular weight excluding hydrogens is 593 g/mol. The van der Waals surface area contributed by atoms with Crippen LogP contribution in [0, 0.1) is 0 Å². The predicted molar refractivity (Wildman–Crippen MR) is 159 cm³/mol. The fraction of sp³-hybridized carbons (Fsp3) is 0.310. The van der Waals surface area contributed by atoms with Gasteiger partial charge in [-0.3, -0.25) is 13.9 Å². The Labute approximate surface area is 250 Å². The Kier molecular flexibility index (Phi) is 10.0. The number of anilines is 1. The zero-order valence-corrected chi connectivity index (χ0v) is 25.0. The van der Waals surface area contributed by atoms with Gasteiger partial charge in [-0.1, -0.05) is 78.0 Å². The number of sulfonamides is 1. The molecule has 0 spiro atoms. The Balaban J connectivity index is 1.69. The van der Waals surface area contributed by atoms with Gasteiger partial charge in [-0.15, -0.1) is 0 Å². The highest BCUT2D eigenvalue weighted by Crippen LogP contribution is 2.30. The Morgan fingerprint density at radius 3 is 2.10 bits per heavy atom. The summed E-state index contributed by atoms with van der Waals surface area (Å²) in [6.07, 6.45) is 3.87. The minimum atomic E-state index is -4.21. The molecule has 1 saturated carbocycles. The number of hydrogen-bond donors (Lipinski definition) is 1. The summed E-state index contributed by atoms with van der Waals surface area (Å²) in [4.78, 5) is 28.6. The first-order valence-corrected chi connectivity index (χ1v) is 15.5. The summed E-state index contributed by atoms with van der Waals surface area (Å²) >= 11 is 18.5. The quantitative estimate of drug-likeness (QED) is 0.287. The fourth-order valence-corrected chi connectivity index (χ4v) is 6.75. The van der Waals surface area contributed by atoms with Gasteiger partial charge in [0.15, 0.2) is 0 Å². The van der Waals surface area contributed by atoms with Crippen molar-refractivity contribution < 1.29 is 18.0 Å². The molecular formula is C29H30Cl3N3O4S. The largest absolute Gasteiger partial charge is 0.352 e. The molecule has 1 N–H and O–H groups in total. The molecule has 0 aliphatic heterocycles. The van der Waals surface area contributed by atoms with Gasteiger partial charge in [0, 0.05) is 27.7 Å². The molecule has 1 aliphatic rings. The van der Waals surface area contributed by atoms with Gasteiger partial charge in [-0.25, -0.2) is 8.42 Å². The number of amides is 2. The van der Waals surface area contributed by atoms with Crippen molar-refractivity contribution in [3.8, 4) is 0 Å². The van der Waals surface area contributed by atoms with Crippen LogP contribution in [0.3, 0.4) is 0 Å². The summed E-state index contributed by atoms with van der Waals surface area (Å²) < 4.78 is 28.6. The summed E-state index contributed by atoms with van der Waals surface area (Å²) in [5.41, 5.74) is 0.866. The molecule has 212 valence electrons. The van der Waals surface area contributed by atoms with Crippen LogP contribution in [0.1, 0.15) is 38.2 Å². The van der Waals surface area contributed by atoms with E-state index < -0.39 is 28.5 Å². The number of carbonyl (C=O) groups is 2. The Hall–Kier alpha value is -2.78. The van der Waals surface area contributed by atoms with Crippen LogP contribution in [0.2, 0.25) is 15.1 Å². The lowest BCUT2D eigenvalue weighted by Gasteiger charge is -2.32. The van der Waals surface area contributed by atoms with Crippen molar-refractivity contribution >= 4 is 62.3 Å². The second-order valence-corrected chi connectivity index (χ2v) is 12.9. The molecule has 0 radical (unpaired) electrons. The highest BCUT2D eigenvalue weighted by molar-refractivity contribution is 7.92. The topological polar surface area (TPSA) is 86.8 Å². The monoisotopic (exact) mass is 621 g/mol. The lowest BCUT2D eigenvalue weighted by molar-refractivity contribution is -0.139. The average Bonchev–Trinajstić information content (AvgIpc) is 3.43. The number of carbonyl (C=O) groups excluding carboxylic acids is 2. The lowest BCUT2D eigenvalue weighted by atomic mass is 10.1. The molecule has 0 heterocycles. The number of nitrogens with one attached hydrogen (secondary N) is 1. The van der Waals surface area contributed by atoms with Crippen LogP contribution in [0.5, 0.6) is 0 Å². The third kappa shape index (κ3) is 7.49. The molecule has 0 aromatic heterocycles. The molecule has 4 rings (SSSR count). The Bertz CT molecular complexity index is 1430. The van der Waals surface area contributed by atoms with Crippen molar-refractivity contribution in [3.63, 3.8) is 0 Å². The summed E-state index contributed by atoms with van der Waals surface area (Å²) in [6.45, 7) is 1.14. The van der Waals surface area contributed by atoms with Gasteiger partial charge in [0.2, 0.25) is 11.8 Å². The maximum absolute atomic E-state index is 14.0. The maximum atomic E-state index is 14.0. The molecule has 40 heavy (non-hydrogen) atoms. The standard InChI is InChI=1S/C29H30Cl3N3O4S/c1-20(29(37)33-25-7-5-6-8-25)34(18-21-11-13-22(30)14-12-21)28(36)19-35(26-16-23(31)15-24(32)17-26)40(38,39)27-9-3-2-4-10-27/h2-4,9-17,20,25H,5-8,18-19H2,1H3,(H,33,37). The van der Waals surface area contributed by atoms with Gasteiger partial charge in [0.05, 0.1) is 10.6 Å². The highest BCUT2D eigenvalue weighted by atomic mass is 35.5. The molecule has 1 fully saturated rings. The number of halogens is 3. The van der Waals surface area contributed by atoms with Crippen LogP contribution >= 0.6 is 34.8 Å². The minimum Gasteiger partial charge on any atom is -0.352 e. The maximum Gasteiger partial charge on any atom is 0.264 e. The summed E-state index contributed by atoms with van der Waals surface area (Å²) in [5.74, 6) is -0.864. The molecule has 1 atom stereocenters. The van der Waals surface area contributed by atoms with E-state index in [1.54, 1.807) is 49.4 Å². The molecule has 0 saturated heterocycles. The number of rotatable bonds is 10. The lowest BCUT2D eigenvalue weighted by Crippen LogP contribution is -2.52. The van der Waals surface area contributed by atoms with E-state index in [4.69, 9.17) is 34.8 Å². The average molecular weight is 623 g/mol. The smallest absolute Gasteiger partial charge is 0.264 e. The molecule has 0 bridgehead atoms. The second kappa shape index (κ2) is 13.3. The summed E-state index contributed by atoms with van der Waals surface area (Å²) in [7, 11) is -4.21. The number of hydrogen-bond acceptors (Lipinski definition) is 4. The van der Waals surface area contributed by atoms with E-state index in [0.717, 1.165) is 35.6 Å². The van der Waals surface area contributed by atoms with E-state index >= 15 is 0 Å². The molecule has 1 aliphatic carbocycles. The van der Waals surface area contributed by atoms with E-state index in [9.17, 15) is 18.0 Å². The van der Waals surface area contributed by atoms with Crippen molar-refractivity contribution in [2.24, 2.45) is 0 Å². The Morgan fingerprint density at radius 2 is 1.50 bits per heavy atom. The Morgan fingerprint density at radius 1 is 0.900 bits per heavy atom. The normalized spacial score (nSPS) is 14.5. The van der Waals surface area contributed by atoms with Crippen LogP contribution in [0.25, 0.3) is 0 Å². The van der Waals surface area contributed by atoms with Crippen LogP contribution in [0.4, 0.5) is 5.69 Å². The van der Waals surface area contributed by atoms with Gasteiger partial charge >= 0.3 is 0 Å². The third-order valence-electron chi connectivity index (χ3n) is 6.88.